The number of carbonyl (C=O) groups excluding carboxylic acids is 1. The molecule has 0 radical (unpaired) electrons. The molecule has 6 nitrogen and oxygen atoms in total. The fourth-order valence-electron chi connectivity index (χ4n) is 2.70. The Bertz CT molecular complexity index is 631. The van der Waals surface area contributed by atoms with Crippen LogP contribution >= 0.6 is 11.3 Å². The van der Waals surface area contributed by atoms with Crippen molar-refractivity contribution in [2.24, 2.45) is 5.92 Å². The highest BCUT2D eigenvalue weighted by molar-refractivity contribution is 7.17. The quantitative estimate of drug-likeness (QED) is 0.913. The number of nitrogens with zero attached hydrogens (tertiary/aromatic N) is 4. The minimum Gasteiger partial charge on any atom is -0.353 e. The van der Waals surface area contributed by atoms with E-state index in [2.05, 4.69) is 34.3 Å². The van der Waals surface area contributed by atoms with Crippen molar-refractivity contribution in [1.82, 2.24) is 20.1 Å². The lowest BCUT2D eigenvalue weighted by molar-refractivity contribution is -0.126. The van der Waals surface area contributed by atoms with E-state index in [0.29, 0.717) is 0 Å². The van der Waals surface area contributed by atoms with Crippen molar-refractivity contribution in [3.63, 3.8) is 0 Å². The molecule has 1 fully saturated rings. The zero-order chi connectivity index (χ0) is 16.2. The predicted octanol–water partition coefficient (Wildman–Crippen LogP) is 2.46. The molecule has 1 unspecified atom stereocenters. The van der Waals surface area contributed by atoms with Gasteiger partial charge in [-0.15, -0.1) is 10.2 Å². The van der Waals surface area contributed by atoms with Gasteiger partial charge < -0.3 is 10.2 Å². The van der Waals surface area contributed by atoms with Crippen LogP contribution in [0.4, 0.5) is 5.13 Å². The maximum absolute atomic E-state index is 12.2. The van der Waals surface area contributed by atoms with Gasteiger partial charge in [0.1, 0.15) is 0 Å². The van der Waals surface area contributed by atoms with Crippen LogP contribution in [-0.4, -0.2) is 39.8 Å². The molecule has 1 atom stereocenters. The first-order chi connectivity index (χ1) is 11.2. The standard InChI is InChI=1S/C16H23N5OS/c1-3-12(2)17-14(22)13-6-10-21(11-7-13)16-19-18-15(23-16)20-8-4-5-9-20/h4-5,8-9,12-13H,3,6-7,10-11H2,1-2H3,(H,17,22). The molecule has 1 aliphatic rings. The van der Waals surface area contributed by atoms with E-state index in [1.165, 1.54) is 0 Å². The largest absolute Gasteiger partial charge is 0.353 e. The molecule has 3 rings (SSSR count). The van der Waals surface area contributed by atoms with E-state index >= 15 is 0 Å². The van der Waals surface area contributed by atoms with Gasteiger partial charge in [-0.05, 0) is 38.3 Å². The summed E-state index contributed by atoms with van der Waals surface area (Å²) in [5.41, 5.74) is 0. The van der Waals surface area contributed by atoms with Gasteiger partial charge >= 0.3 is 0 Å². The summed E-state index contributed by atoms with van der Waals surface area (Å²) in [6, 6.07) is 4.21. The molecule has 1 aliphatic heterocycles. The molecule has 0 aromatic carbocycles. The molecule has 1 N–H and O–H groups in total. The Morgan fingerprint density at radius 1 is 1.30 bits per heavy atom. The van der Waals surface area contributed by atoms with Crippen molar-refractivity contribution in [1.29, 1.82) is 0 Å². The molecule has 0 bridgehead atoms. The van der Waals surface area contributed by atoms with Crippen LogP contribution in [0.2, 0.25) is 0 Å². The van der Waals surface area contributed by atoms with E-state index in [1.54, 1.807) is 11.3 Å². The van der Waals surface area contributed by atoms with Crippen LogP contribution in [0, 0.1) is 5.92 Å². The summed E-state index contributed by atoms with van der Waals surface area (Å²) >= 11 is 1.59. The molecule has 124 valence electrons. The third kappa shape index (κ3) is 3.72. The SMILES string of the molecule is CCC(C)NC(=O)C1CCN(c2nnc(-n3cccc3)s2)CC1. The highest BCUT2D eigenvalue weighted by Crippen LogP contribution is 2.27. The Morgan fingerprint density at radius 3 is 2.61 bits per heavy atom. The molecule has 0 spiro atoms. The Labute approximate surface area is 140 Å². The summed E-state index contributed by atoms with van der Waals surface area (Å²) in [7, 11) is 0. The van der Waals surface area contributed by atoms with Crippen LogP contribution in [0.25, 0.3) is 5.13 Å². The second-order valence-corrected chi connectivity index (χ2v) is 6.97. The third-order valence-corrected chi connectivity index (χ3v) is 5.36. The van der Waals surface area contributed by atoms with Gasteiger partial charge in [0.25, 0.3) is 0 Å². The molecular weight excluding hydrogens is 310 g/mol. The average Bonchev–Trinajstić information content (AvgIpc) is 3.25. The number of hydrogen-bond acceptors (Lipinski definition) is 5. The van der Waals surface area contributed by atoms with Crippen LogP contribution in [-0.2, 0) is 4.79 Å². The predicted molar refractivity (Wildman–Crippen MR) is 92.1 cm³/mol. The second-order valence-electron chi connectivity index (χ2n) is 6.04. The smallest absolute Gasteiger partial charge is 0.223 e. The van der Waals surface area contributed by atoms with Gasteiger partial charge in [0, 0.05) is 37.4 Å². The van der Waals surface area contributed by atoms with E-state index in [9.17, 15) is 4.79 Å². The van der Waals surface area contributed by atoms with Gasteiger partial charge in [-0.2, -0.15) is 0 Å². The molecule has 0 saturated carbocycles. The maximum Gasteiger partial charge on any atom is 0.223 e. The minimum atomic E-state index is 0.122. The highest BCUT2D eigenvalue weighted by Gasteiger charge is 2.27. The molecule has 2 aromatic heterocycles. The molecule has 2 aromatic rings. The highest BCUT2D eigenvalue weighted by atomic mass is 32.1. The molecule has 3 heterocycles. The van der Waals surface area contributed by atoms with Gasteiger partial charge in [0.2, 0.25) is 16.2 Å². The van der Waals surface area contributed by atoms with Gasteiger partial charge in [0.15, 0.2) is 0 Å². The molecule has 7 heteroatoms. The molecule has 23 heavy (non-hydrogen) atoms. The molecule has 0 aliphatic carbocycles. The van der Waals surface area contributed by atoms with Gasteiger partial charge in [-0.1, -0.05) is 18.3 Å². The van der Waals surface area contributed by atoms with Crippen LogP contribution < -0.4 is 10.2 Å². The minimum absolute atomic E-state index is 0.122. The number of hydrogen-bond donors (Lipinski definition) is 1. The summed E-state index contributed by atoms with van der Waals surface area (Å²) < 4.78 is 1.97. The number of aromatic nitrogens is 3. The lowest BCUT2D eigenvalue weighted by Crippen LogP contribution is -2.43. The van der Waals surface area contributed by atoms with E-state index in [4.69, 9.17) is 0 Å². The zero-order valence-corrected chi connectivity index (χ0v) is 14.4. The fraction of sp³-hybridized carbons (Fsp3) is 0.562. The van der Waals surface area contributed by atoms with Gasteiger partial charge in [-0.3, -0.25) is 9.36 Å². The number of amides is 1. The number of rotatable bonds is 5. The van der Waals surface area contributed by atoms with E-state index in [0.717, 1.165) is 42.6 Å². The van der Waals surface area contributed by atoms with Crippen molar-refractivity contribution in [3.8, 4) is 5.13 Å². The lowest BCUT2D eigenvalue weighted by atomic mass is 9.96. The van der Waals surface area contributed by atoms with Crippen molar-refractivity contribution in [2.75, 3.05) is 18.0 Å². The first kappa shape index (κ1) is 16.0. The number of nitrogens with one attached hydrogen (secondary N) is 1. The van der Waals surface area contributed by atoms with Gasteiger partial charge in [-0.25, -0.2) is 0 Å². The summed E-state index contributed by atoms with van der Waals surface area (Å²) in [6.45, 7) is 5.86. The molecular formula is C16H23N5OS. The van der Waals surface area contributed by atoms with Crippen molar-refractivity contribution < 1.29 is 4.79 Å². The molecule has 1 saturated heterocycles. The Morgan fingerprint density at radius 2 is 1.96 bits per heavy atom. The monoisotopic (exact) mass is 333 g/mol. The van der Waals surface area contributed by atoms with Crippen LogP contribution in [0.15, 0.2) is 24.5 Å². The van der Waals surface area contributed by atoms with Crippen LogP contribution in [0.5, 0.6) is 0 Å². The normalized spacial score (nSPS) is 17.2. The Kier molecular flexibility index (Phi) is 4.95. The van der Waals surface area contributed by atoms with Gasteiger partial charge in [0.05, 0.1) is 0 Å². The summed E-state index contributed by atoms with van der Waals surface area (Å²) in [4.78, 5) is 14.4. The lowest BCUT2D eigenvalue weighted by Gasteiger charge is -2.31. The number of piperidine rings is 1. The van der Waals surface area contributed by atoms with Crippen molar-refractivity contribution in [3.05, 3.63) is 24.5 Å². The van der Waals surface area contributed by atoms with E-state index < -0.39 is 0 Å². The Hall–Kier alpha value is -1.89. The average molecular weight is 333 g/mol. The van der Waals surface area contributed by atoms with Crippen molar-refractivity contribution >= 4 is 22.4 Å². The maximum atomic E-state index is 12.2. The fourth-order valence-corrected chi connectivity index (χ4v) is 3.56. The molecule has 1 amide bonds. The van der Waals surface area contributed by atoms with Crippen LogP contribution in [0.3, 0.4) is 0 Å². The third-order valence-electron chi connectivity index (χ3n) is 4.37. The number of anilines is 1. The first-order valence-electron chi connectivity index (χ1n) is 8.19. The zero-order valence-electron chi connectivity index (χ0n) is 13.6. The van der Waals surface area contributed by atoms with E-state index in [-0.39, 0.29) is 17.9 Å². The van der Waals surface area contributed by atoms with E-state index in [1.807, 2.05) is 29.1 Å². The van der Waals surface area contributed by atoms with Crippen molar-refractivity contribution in [2.45, 2.75) is 39.2 Å². The first-order valence-corrected chi connectivity index (χ1v) is 9.01. The second kappa shape index (κ2) is 7.12. The number of carbonyl (C=O) groups is 1. The summed E-state index contributed by atoms with van der Waals surface area (Å²) in [6.07, 6.45) is 6.66. The summed E-state index contributed by atoms with van der Waals surface area (Å²) in [5, 5.41) is 13.5. The summed E-state index contributed by atoms with van der Waals surface area (Å²) in [5.74, 6) is 0.321. The topological polar surface area (TPSA) is 63.1 Å². The van der Waals surface area contributed by atoms with Crippen LogP contribution in [0.1, 0.15) is 33.1 Å². The Balaban J connectivity index is 1.56.